The summed E-state index contributed by atoms with van der Waals surface area (Å²) in [4.78, 5) is 32.5. The highest BCUT2D eigenvalue weighted by molar-refractivity contribution is 5.94. The van der Waals surface area contributed by atoms with Gasteiger partial charge in [0.1, 0.15) is 11.4 Å². The molecule has 0 unspecified atom stereocenters. The zero-order valence-corrected chi connectivity index (χ0v) is 14.8. The van der Waals surface area contributed by atoms with Gasteiger partial charge in [-0.25, -0.2) is 9.78 Å². The van der Waals surface area contributed by atoms with Gasteiger partial charge in [-0.1, -0.05) is 6.92 Å². The normalized spacial score (nSPS) is 15.9. The summed E-state index contributed by atoms with van der Waals surface area (Å²) in [5.74, 6) is 0.332. The fourth-order valence-corrected chi connectivity index (χ4v) is 2.45. The number of carbonyl (C=O) groups excluding carboxylic acids is 2. The van der Waals surface area contributed by atoms with Gasteiger partial charge in [-0.3, -0.25) is 10.1 Å². The smallest absolute Gasteiger partial charge is 0.413 e. The lowest BCUT2D eigenvalue weighted by Crippen LogP contribution is -2.48. The van der Waals surface area contributed by atoms with E-state index in [0.717, 1.165) is 32.7 Å². The quantitative estimate of drug-likeness (QED) is 0.917. The molecule has 0 atom stereocenters. The number of hydrogen-bond acceptors (Lipinski definition) is 5. The third-order valence-corrected chi connectivity index (χ3v) is 3.75. The van der Waals surface area contributed by atoms with Crippen molar-refractivity contribution in [2.24, 2.45) is 0 Å². The number of hydrogen-bond donors (Lipinski definition) is 1. The lowest BCUT2D eigenvalue weighted by Gasteiger charge is -2.34. The molecule has 1 fully saturated rings. The van der Waals surface area contributed by atoms with Crippen LogP contribution in [0.5, 0.6) is 0 Å². The summed E-state index contributed by atoms with van der Waals surface area (Å²) in [6, 6.07) is 3.29. The summed E-state index contributed by atoms with van der Waals surface area (Å²) in [7, 11) is 0. The van der Waals surface area contributed by atoms with Crippen LogP contribution in [0.2, 0.25) is 0 Å². The highest BCUT2D eigenvalue weighted by Gasteiger charge is 2.22. The summed E-state index contributed by atoms with van der Waals surface area (Å²) in [6.07, 6.45) is 0.922. The number of ether oxygens (including phenoxy) is 1. The van der Waals surface area contributed by atoms with E-state index in [0.29, 0.717) is 11.4 Å². The predicted molar refractivity (Wildman–Crippen MR) is 92.1 cm³/mol. The van der Waals surface area contributed by atoms with Gasteiger partial charge in [-0.05, 0) is 39.4 Å². The van der Waals surface area contributed by atoms with Gasteiger partial charge in [-0.2, -0.15) is 0 Å². The van der Waals surface area contributed by atoms with E-state index in [1.165, 1.54) is 6.20 Å². The van der Waals surface area contributed by atoms with Crippen molar-refractivity contribution in [1.82, 2.24) is 14.8 Å². The van der Waals surface area contributed by atoms with Crippen molar-refractivity contribution in [2.75, 3.05) is 38.0 Å². The van der Waals surface area contributed by atoms with E-state index in [4.69, 9.17) is 4.74 Å². The van der Waals surface area contributed by atoms with E-state index in [1.807, 2.05) is 4.90 Å². The van der Waals surface area contributed by atoms with Crippen LogP contribution in [0, 0.1) is 0 Å². The van der Waals surface area contributed by atoms with Crippen LogP contribution in [0.4, 0.5) is 10.6 Å². The maximum atomic E-state index is 12.5. The van der Waals surface area contributed by atoms with E-state index in [1.54, 1.807) is 32.9 Å². The standard InChI is InChI=1S/C17H26N4O3/c1-5-20-8-10-21(11-9-20)15(22)13-6-7-14(18-12-13)19-16(23)24-17(2,3)4/h6-7,12H,5,8-11H2,1-4H3,(H,18,19,23). The second-order valence-corrected chi connectivity index (χ2v) is 6.79. The van der Waals surface area contributed by atoms with Crippen LogP contribution in [0.25, 0.3) is 0 Å². The lowest BCUT2D eigenvalue weighted by molar-refractivity contribution is 0.0631. The molecule has 1 N–H and O–H groups in total. The minimum atomic E-state index is -0.569. The number of anilines is 1. The number of amides is 2. The van der Waals surface area contributed by atoms with Crippen LogP contribution in [0.1, 0.15) is 38.1 Å². The first-order valence-electron chi connectivity index (χ1n) is 8.26. The van der Waals surface area contributed by atoms with E-state index in [9.17, 15) is 9.59 Å². The second-order valence-electron chi connectivity index (χ2n) is 6.79. The Kier molecular flexibility index (Phi) is 5.77. The Hall–Kier alpha value is -2.15. The summed E-state index contributed by atoms with van der Waals surface area (Å²) in [6.45, 7) is 11.8. The van der Waals surface area contributed by atoms with Crippen molar-refractivity contribution in [3.63, 3.8) is 0 Å². The van der Waals surface area contributed by atoms with Gasteiger partial charge in [0.05, 0.1) is 5.56 Å². The highest BCUT2D eigenvalue weighted by atomic mass is 16.6. The molecule has 0 saturated carbocycles. The summed E-state index contributed by atoms with van der Waals surface area (Å²) in [5, 5.41) is 2.55. The Morgan fingerprint density at radius 1 is 1.21 bits per heavy atom. The average Bonchev–Trinajstić information content (AvgIpc) is 2.53. The molecule has 0 bridgehead atoms. The molecule has 1 aromatic rings. The number of rotatable bonds is 3. The molecular weight excluding hydrogens is 308 g/mol. The number of carbonyl (C=O) groups is 2. The largest absolute Gasteiger partial charge is 0.444 e. The molecule has 0 aromatic carbocycles. The van der Waals surface area contributed by atoms with Crippen LogP contribution in [0.3, 0.4) is 0 Å². The molecule has 1 aromatic heterocycles. The van der Waals surface area contributed by atoms with E-state index < -0.39 is 11.7 Å². The molecular formula is C17H26N4O3. The first-order chi connectivity index (χ1) is 11.3. The van der Waals surface area contributed by atoms with Crippen molar-refractivity contribution >= 4 is 17.8 Å². The Labute approximate surface area is 143 Å². The minimum absolute atomic E-state index is 0.0259. The van der Waals surface area contributed by atoms with Gasteiger partial charge in [0.25, 0.3) is 5.91 Å². The molecule has 0 spiro atoms. The summed E-state index contributed by atoms with van der Waals surface area (Å²) < 4.78 is 5.17. The molecule has 0 radical (unpaired) electrons. The SMILES string of the molecule is CCN1CCN(C(=O)c2ccc(NC(=O)OC(C)(C)C)nc2)CC1. The highest BCUT2D eigenvalue weighted by Crippen LogP contribution is 2.12. The topological polar surface area (TPSA) is 74.8 Å². The number of nitrogens with one attached hydrogen (secondary N) is 1. The minimum Gasteiger partial charge on any atom is -0.444 e. The van der Waals surface area contributed by atoms with Crippen LogP contribution < -0.4 is 5.32 Å². The molecule has 2 rings (SSSR count). The third-order valence-electron chi connectivity index (χ3n) is 3.75. The van der Waals surface area contributed by atoms with Gasteiger partial charge in [-0.15, -0.1) is 0 Å². The Balaban J connectivity index is 1.92. The predicted octanol–water partition coefficient (Wildman–Crippen LogP) is 2.21. The van der Waals surface area contributed by atoms with Crippen molar-refractivity contribution in [1.29, 1.82) is 0 Å². The second kappa shape index (κ2) is 7.61. The maximum absolute atomic E-state index is 12.5. The van der Waals surface area contributed by atoms with Gasteiger partial charge >= 0.3 is 6.09 Å². The van der Waals surface area contributed by atoms with E-state index in [2.05, 4.69) is 22.1 Å². The molecule has 24 heavy (non-hydrogen) atoms. The Morgan fingerprint density at radius 3 is 2.38 bits per heavy atom. The number of nitrogens with zero attached hydrogens (tertiary/aromatic N) is 3. The fraction of sp³-hybridized carbons (Fsp3) is 0.588. The molecule has 0 aliphatic carbocycles. The molecule has 1 saturated heterocycles. The van der Waals surface area contributed by atoms with E-state index in [-0.39, 0.29) is 5.91 Å². The molecule has 7 nitrogen and oxygen atoms in total. The number of piperazine rings is 1. The Morgan fingerprint density at radius 2 is 1.88 bits per heavy atom. The van der Waals surface area contributed by atoms with Crippen LogP contribution in [0.15, 0.2) is 18.3 Å². The molecule has 2 heterocycles. The maximum Gasteiger partial charge on any atom is 0.413 e. The average molecular weight is 334 g/mol. The molecule has 2 amide bonds. The van der Waals surface area contributed by atoms with Crippen molar-refractivity contribution in [3.05, 3.63) is 23.9 Å². The van der Waals surface area contributed by atoms with Gasteiger partial charge in [0.15, 0.2) is 0 Å². The van der Waals surface area contributed by atoms with Crippen LogP contribution in [-0.2, 0) is 4.74 Å². The molecule has 7 heteroatoms. The van der Waals surface area contributed by atoms with Gasteiger partial charge in [0.2, 0.25) is 0 Å². The van der Waals surface area contributed by atoms with Crippen molar-refractivity contribution in [2.45, 2.75) is 33.3 Å². The molecule has 132 valence electrons. The fourth-order valence-electron chi connectivity index (χ4n) is 2.45. The molecule has 1 aliphatic heterocycles. The lowest BCUT2D eigenvalue weighted by atomic mass is 10.2. The van der Waals surface area contributed by atoms with E-state index >= 15 is 0 Å². The summed E-state index contributed by atoms with van der Waals surface area (Å²) >= 11 is 0. The first kappa shape index (κ1) is 18.2. The van der Waals surface area contributed by atoms with Gasteiger partial charge < -0.3 is 14.5 Å². The zero-order chi connectivity index (χ0) is 17.7. The number of likely N-dealkylation sites (N-methyl/N-ethyl adjacent to an activating group) is 1. The Bertz CT molecular complexity index is 572. The zero-order valence-electron chi connectivity index (χ0n) is 14.8. The number of pyridine rings is 1. The first-order valence-corrected chi connectivity index (χ1v) is 8.26. The monoisotopic (exact) mass is 334 g/mol. The molecule has 1 aliphatic rings. The van der Waals surface area contributed by atoms with Crippen LogP contribution in [-0.4, -0.2) is 65.1 Å². The van der Waals surface area contributed by atoms with Crippen LogP contribution >= 0.6 is 0 Å². The summed E-state index contributed by atoms with van der Waals surface area (Å²) in [5.41, 5.74) is -0.0460. The third kappa shape index (κ3) is 5.19. The number of aromatic nitrogens is 1. The van der Waals surface area contributed by atoms with Gasteiger partial charge in [0, 0.05) is 32.4 Å². The van der Waals surface area contributed by atoms with Crippen molar-refractivity contribution in [3.8, 4) is 0 Å². The van der Waals surface area contributed by atoms with Crippen molar-refractivity contribution < 1.29 is 14.3 Å².